The van der Waals surface area contributed by atoms with Gasteiger partial charge in [-0.15, -0.1) is 0 Å². The zero-order valence-corrected chi connectivity index (χ0v) is 17.5. The van der Waals surface area contributed by atoms with Crippen molar-refractivity contribution >= 4 is 10.0 Å². The molecule has 2 aliphatic rings. The molecule has 0 amide bonds. The van der Waals surface area contributed by atoms with Gasteiger partial charge in [0.1, 0.15) is 4.90 Å². The van der Waals surface area contributed by atoms with Crippen LogP contribution in [0.15, 0.2) is 17.2 Å². The number of sulfonamides is 1. The van der Waals surface area contributed by atoms with Crippen molar-refractivity contribution in [3.63, 3.8) is 0 Å². The fourth-order valence-electron chi connectivity index (χ4n) is 3.88. The summed E-state index contributed by atoms with van der Waals surface area (Å²) in [6.07, 6.45) is 3.13. The molecule has 28 heavy (non-hydrogen) atoms. The molecule has 1 spiro atoms. The second-order valence-electron chi connectivity index (χ2n) is 7.46. The number of piperidine rings is 1. The lowest BCUT2D eigenvalue weighted by Gasteiger charge is -2.38. The first-order valence-corrected chi connectivity index (χ1v) is 10.9. The highest BCUT2D eigenvalue weighted by Crippen LogP contribution is 2.39. The van der Waals surface area contributed by atoms with Gasteiger partial charge in [-0.05, 0) is 44.8 Å². The standard InChI is InChI=1S/C19H31N3O5S/c1-15-11-17(18(26-4)20-13-15)28(23,24)22-7-5-19(6-8-22)12-16(14-27-19)21(2)9-10-25-3/h11,13,16H,5-10,12,14H2,1-4H3/i2D3. The Labute approximate surface area is 172 Å². The third-order valence-electron chi connectivity index (χ3n) is 5.57. The fourth-order valence-corrected chi connectivity index (χ4v) is 5.52. The molecule has 9 heteroatoms. The van der Waals surface area contributed by atoms with Crippen molar-refractivity contribution in [2.24, 2.45) is 0 Å². The highest BCUT2D eigenvalue weighted by molar-refractivity contribution is 7.89. The molecule has 8 nitrogen and oxygen atoms in total. The number of aromatic nitrogens is 1. The minimum absolute atomic E-state index is 0.0595. The summed E-state index contributed by atoms with van der Waals surface area (Å²) in [5.41, 5.74) is 0.220. The van der Waals surface area contributed by atoms with Crippen LogP contribution in [0.3, 0.4) is 0 Å². The highest BCUT2D eigenvalue weighted by Gasteiger charge is 2.46. The smallest absolute Gasteiger partial charge is 0.248 e. The Balaban J connectivity index is 1.70. The number of ether oxygens (including phenoxy) is 3. The molecule has 2 saturated heterocycles. The van der Waals surface area contributed by atoms with E-state index < -0.39 is 22.6 Å². The van der Waals surface area contributed by atoms with E-state index in [1.807, 2.05) is 0 Å². The monoisotopic (exact) mass is 416 g/mol. The molecule has 158 valence electrons. The lowest BCUT2D eigenvalue weighted by molar-refractivity contribution is -0.0317. The zero-order valence-electron chi connectivity index (χ0n) is 19.7. The fraction of sp³-hybridized carbons (Fsp3) is 0.737. The number of pyridine rings is 1. The summed E-state index contributed by atoms with van der Waals surface area (Å²) in [7, 11) is -0.827. The van der Waals surface area contributed by atoms with Gasteiger partial charge in [0.15, 0.2) is 0 Å². The molecule has 3 rings (SSSR count). The summed E-state index contributed by atoms with van der Waals surface area (Å²) < 4.78 is 67.7. The van der Waals surface area contributed by atoms with Gasteiger partial charge in [0.25, 0.3) is 0 Å². The zero-order chi connectivity index (χ0) is 22.9. The SMILES string of the molecule is [2H]C([2H])([2H])N(CCOC)C1COC2(CCN(S(=O)(=O)c3cc(C)cnc3OC)CC2)C1. The predicted octanol–water partition coefficient (Wildman–Crippen LogP) is 1.29. The van der Waals surface area contributed by atoms with E-state index in [0.717, 1.165) is 5.56 Å². The number of rotatable bonds is 7. The highest BCUT2D eigenvalue weighted by atomic mass is 32.2. The van der Waals surface area contributed by atoms with Crippen molar-refractivity contribution in [3.8, 4) is 5.88 Å². The maximum Gasteiger partial charge on any atom is 0.248 e. The Hall–Kier alpha value is -1.26. The molecule has 1 unspecified atom stereocenters. The number of hydrogen-bond donors (Lipinski definition) is 0. The summed E-state index contributed by atoms with van der Waals surface area (Å²) >= 11 is 0. The number of nitrogens with zero attached hydrogens (tertiary/aromatic N) is 3. The molecule has 1 aromatic rings. The van der Waals surface area contributed by atoms with Gasteiger partial charge >= 0.3 is 0 Å². The molecule has 0 aliphatic carbocycles. The van der Waals surface area contributed by atoms with Crippen LogP contribution in [-0.4, -0.2) is 88.3 Å². The van der Waals surface area contributed by atoms with Crippen LogP contribution >= 0.6 is 0 Å². The Morgan fingerprint density at radius 2 is 2.18 bits per heavy atom. The maximum atomic E-state index is 13.2. The van der Waals surface area contributed by atoms with Gasteiger partial charge in [0.05, 0.1) is 25.9 Å². The van der Waals surface area contributed by atoms with Crippen LogP contribution in [0.2, 0.25) is 0 Å². The Kier molecular flexibility index (Phi) is 5.42. The first-order chi connectivity index (χ1) is 14.5. The van der Waals surface area contributed by atoms with Crippen LogP contribution in [-0.2, 0) is 19.5 Å². The van der Waals surface area contributed by atoms with Crippen molar-refractivity contribution in [2.45, 2.75) is 42.7 Å². The van der Waals surface area contributed by atoms with Gasteiger partial charge in [0, 0.05) is 43.1 Å². The molecule has 3 heterocycles. The van der Waals surface area contributed by atoms with Crippen molar-refractivity contribution in [3.05, 3.63) is 17.8 Å². The molecule has 0 bridgehead atoms. The molecule has 0 N–H and O–H groups in total. The Morgan fingerprint density at radius 1 is 1.43 bits per heavy atom. The van der Waals surface area contributed by atoms with Crippen LogP contribution < -0.4 is 4.74 Å². The van der Waals surface area contributed by atoms with Gasteiger partial charge in [0.2, 0.25) is 15.9 Å². The van der Waals surface area contributed by atoms with Crippen molar-refractivity contribution in [1.29, 1.82) is 0 Å². The minimum atomic E-state index is -3.77. The first-order valence-electron chi connectivity index (χ1n) is 10.9. The Bertz CT molecular complexity index is 873. The van der Waals surface area contributed by atoms with Gasteiger partial charge in [-0.25, -0.2) is 13.4 Å². The van der Waals surface area contributed by atoms with E-state index in [1.54, 1.807) is 26.3 Å². The molecule has 1 aromatic heterocycles. The normalized spacial score (nSPS) is 24.9. The first kappa shape index (κ1) is 17.6. The second-order valence-corrected chi connectivity index (χ2v) is 9.37. The van der Waals surface area contributed by atoms with E-state index in [-0.39, 0.29) is 36.5 Å². The van der Waals surface area contributed by atoms with Gasteiger partial charge in [-0.1, -0.05) is 0 Å². The molecule has 2 fully saturated rings. The summed E-state index contributed by atoms with van der Waals surface area (Å²) in [5.74, 6) is 0.0783. The summed E-state index contributed by atoms with van der Waals surface area (Å²) in [4.78, 5) is 5.60. The van der Waals surface area contributed by atoms with Crippen LogP contribution in [0.5, 0.6) is 5.88 Å². The average molecular weight is 417 g/mol. The lowest BCUT2D eigenvalue weighted by atomic mass is 9.88. The largest absolute Gasteiger partial charge is 0.480 e. The van der Waals surface area contributed by atoms with E-state index in [2.05, 4.69) is 4.98 Å². The third kappa shape index (κ3) is 4.33. The van der Waals surface area contributed by atoms with E-state index in [1.165, 1.54) is 16.3 Å². The van der Waals surface area contributed by atoms with Crippen molar-refractivity contribution in [1.82, 2.24) is 14.2 Å². The van der Waals surface area contributed by atoms with E-state index in [0.29, 0.717) is 32.5 Å². The van der Waals surface area contributed by atoms with E-state index >= 15 is 0 Å². The van der Waals surface area contributed by atoms with Gasteiger partial charge < -0.3 is 14.2 Å². The lowest BCUT2D eigenvalue weighted by Crippen LogP contribution is -2.47. The molecular weight excluding hydrogens is 382 g/mol. The number of hydrogen-bond acceptors (Lipinski definition) is 7. The number of likely N-dealkylation sites (N-methyl/N-ethyl adjacent to an activating group) is 1. The minimum Gasteiger partial charge on any atom is -0.480 e. The molecular formula is C19H31N3O5S. The average Bonchev–Trinajstić information content (AvgIpc) is 3.10. The Morgan fingerprint density at radius 3 is 2.82 bits per heavy atom. The van der Waals surface area contributed by atoms with Crippen LogP contribution in [0.1, 0.15) is 28.9 Å². The van der Waals surface area contributed by atoms with Gasteiger partial charge in [-0.2, -0.15) is 4.31 Å². The maximum absolute atomic E-state index is 13.2. The van der Waals surface area contributed by atoms with Gasteiger partial charge in [-0.3, -0.25) is 4.90 Å². The van der Waals surface area contributed by atoms with E-state index in [9.17, 15) is 8.42 Å². The molecule has 1 atom stereocenters. The number of aryl methyl sites for hydroxylation is 1. The molecule has 2 aliphatic heterocycles. The van der Waals surface area contributed by atoms with Crippen LogP contribution in [0.25, 0.3) is 0 Å². The quantitative estimate of drug-likeness (QED) is 0.662. The van der Waals surface area contributed by atoms with E-state index in [4.69, 9.17) is 18.3 Å². The van der Waals surface area contributed by atoms with Crippen LogP contribution in [0.4, 0.5) is 0 Å². The van der Waals surface area contributed by atoms with Crippen molar-refractivity contribution in [2.75, 3.05) is 54.0 Å². The number of methoxy groups -OCH3 is 2. The summed E-state index contributed by atoms with van der Waals surface area (Å²) in [6, 6.07) is 1.31. The molecule has 0 aromatic carbocycles. The van der Waals surface area contributed by atoms with Crippen LogP contribution in [0, 0.1) is 6.92 Å². The topological polar surface area (TPSA) is 81.2 Å². The summed E-state index contributed by atoms with van der Waals surface area (Å²) in [6.45, 7) is 1.04. The third-order valence-corrected chi connectivity index (χ3v) is 7.46. The second kappa shape index (κ2) is 8.62. The summed E-state index contributed by atoms with van der Waals surface area (Å²) in [5, 5.41) is 0. The predicted molar refractivity (Wildman–Crippen MR) is 105 cm³/mol. The molecule has 0 saturated carbocycles. The molecule has 0 radical (unpaired) electrons. The van der Waals surface area contributed by atoms with Crippen molar-refractivity contribution < 1.29 is 26.7 Å².